The van der Waals surface area contributed by atoms with Crippen molar-refractivity contribution < 1.29 is 55.7 Å². The van der Waals surface area contributed by atoms with Crippen molar-refractivity contribution in [2.24, 2.45) is 10.8 Å². The molecule has 274 valence electrons. The van der Waals surface area contributed by atoms with E-state index in [9.17, 15) is 46.2 Å². The summed E-state index contributed by atoms with van der Waals surface area (Å²) in [4.78, 5) is 49.4. The molecule has 0 heterocycles. The van der Waals surface area contributed by atoms with E-state index in [1.54, 1.807) is 52.0 Å². The lowest BCUT2D eigenvalue weighted by Crippen LogP contribution is -2.36. The number of hydrogen-bond acceptors (Lipinski definition) is 10. The lowest BCUT2D eigenvalue weighted by Gasteiger charge is -2.27. The van der Waals surface area contributed by atoms with Crippen LogP contribution < -0.4 is 0 Å². The Morgan fingerprint density at radius 1 is 0.720 bits per heavy atom. The third kappa shape index (κ3) is 9.19. The van der Waals surface area contributed by atoms with Crippen molar-refractivity contribution in [1.29, 1.82) is 0 Å². The van der Waals surface area contributed by atoms with Crippen LogP contribution in [0.4, 0.5) is 0 Å². The van der Waals surface area contributed by atoms with Gasteiger partial charge >= 0.3 is 23.9 Å². The van der Waals surface area contributed by atoms with Crippen molar-refractivity contribution in [3.63, 3.8) is 0 Å². The SMILES string of the molecule is CC(C)(CS(=O)(=O)C1=CC=C(OC(=O)C(C)(C)c2ccc(C(C)(C)C(=O)OC3=CCC(S(=O)(=O)CC(C)(C)C(=O)O)C=C3)cc2)CC1)C(=O)O. The molecule has 0 saturated carbocycles. The van der Waals surface area contributed by atoms with E-state index in [0.717, 1.165) is 0 Å². The molecule has 50 heavy (non-hydrogen) atoms. The van der Waals surface area contributed by atoms with E-state index < -0.39 is 82.0 Å². The number of carboxylic acid groups (broad SMARTS) is 2. The average molecular weight is 735 g/mol. The third-order valence-corrected chi connectivity index (χ3v) is 13.7. The molecule has 0 aliphatic heterocycles. The van der Waals surface area contributed by atoms with Gasteiger partial charge in [0.05, 0.1) is 38.4 Å². The molecule has 0 bridgehead atoms. The van der Waals surface area contributed by atoms with E-state index in [4.69, 9.17) is 9.47 Å². The third-order valence-electron chi connectivity index (χ3n) is 9.01. The smallest absolute Gasteiger partial charge is 0.321 e. The fourth-order valence-electron chi connectivity index (χ4n) is 5.19. The first-order chi connectivity index (χ1) is 22.7. The Hall–Kier alpha value is -4.04. The summed E-state index contributed by atoms with van der Waals surface area (Å²) in [6.07, 6.45) is 7.24. The molecule has 14 heteroatoms. The number of ether oxygens (including phenoxy) is 2. The van der Waals surface area contributed by atoms with Gasteiger partial charge in [-0.2, -0.15) is 0 Å². The Balaban J connectivity index is 1.65. The summed E-state index contributed by atoms with van der Waals surface area (Å²) in [7, 11) is -7.62. The minimum atomic E-state index is -3.84. The number of rotatable bonds is 14. The van der Waals surface area contributed by atoms with Gasteiger partial charge in [-0.15, -0.1) is 0 Å². The molecule has 1 unspecified atom stereocenters. The van der Waals surface area contributed by atoms with Crippen LogP contribution in [0, 0.1) is 10.8 Å². The zero-order chi connectivity index (χ0) is 38.1. The topological polar surface area (TPSA) is 195 Å². The highest BCUT2D eigenvalue weighted by molar-refractivity contribution is 7.95. The summed E-state index contributed by atoms with van der Waals surface area (Å²) in [5.41, 5.74) is -3.99. The lowest BCUT2D eigenvalue weighted by molar-refractivity contribution is -0.146. The number of aliphatic carboxylic acids is 2. The van der Waals surface area contributed by atoms with E-state index in [2.05, 4.69) is 0 Å². The Morgan fingerprint density at radius 2 is 1.20 bits per heavy atom. The predicted octanol–water partition coefficient (Wildman–Crippen LogP) is 5.15. The molecule has 2 aliphatic rings. The van der Waals surface area contributed by atoms with Crippen molar-refractivity contribution >= 4 is 43.6 Å². The number of benzene rings is 1. The average Bonchev–Trinajstić information content (AvgIpc) is 3.00. The van der Waals surface area contributed by atoms with Crippen LogP contribution in [0.2, 0.25) is 0 Å². The van der Waals surface area contributed by atoms with Crippen LogP contribution in [0.5, 0.6) is 0 Å². The number of sulfone groups is 2. The second kappa shape index (κ2) is 14.3. The second-order valence-corrected chi connectivity index (χ2v) is 19.3. The molecule has 0 radical (unpaired) electrons. The van der Waals surface area contributed by atoms with Crippen molar-refractivity contribution in [1.82, 2.24) is 0 Å². The predicted molar refractivity (Wildman–Crippen MR) is 186 cm³/mol. The van der Waals surface area contributed by atoms with Gasteiger partial charge in [-0.1, -0.05) is 30.3 Å². The largest absolute Gasteiger partial charge is 0.481 e. The molecule has 2 aliphatic carbocycles. The van der Waals surface area contributed by atoms with Crippen LogP contribution in [0.1, 0.15) is 85.8 Å². The minimum absolute atomic E-state index is 0.0239. The summed E-state index contributed by atoms with van der Waals surface area (Å²) in [5.74, 6) is -4.25. The van der Waals surface area contributed by atoms with Gasteiger partial charge in [-0.05, 0) is 104 Å². The van der Waals surface area contributed by atoms with Gasteiger partial charge in [0.15, 0.2) is 19.7 Å². The number of carbonyl (C=O) groups excluding carboxylic acids is 2. The first-order valence-electron chi connectivity index (χ1n) is 16.0. The van der Waals surface area contributed by atoms with E-state index in [1.165, 1.54) is 58.1 Å². The molecule has 12 nitrogen and oxygen atoms in total. The van der Waals surface area contributed by atoms with Crippen molar-refractivity contribution in [2.75, 3.05) is 11.5 Å². The van der Waals surface area contributed by atoms with Crippen molar-refractivity contribution in [3.05, 3.63) is 82.2 Å². The fourth-order valence-corrected chi connectivity index (χ4v) is 9.19. The maximum atomic E-state index is 13.3. The van der Waals surface area contributed by atoms with Crippen LogP contribution in [-0.2, 0) is 59.2 Å². The molecule has 3 rings (SSSR count). The molecule has 0 aromatic heterocycles. The van der Waals surface area contributed by atoms with Crippen LogP contribution in [-0.4, -0.2) is 67.7 Å². The fraction of sp³-hybridized carbons (Fsp3) is 0.500. The first-order valence-corrected chi connectivity index (χ1v) is 19.3. The monoisotopic (exact) mass is 734 g/mol. The van der Waals surface area contributed by atoms with E-state index in [-0.39, 0.29) is 35.7 Å². The van der Waals surface area contributed by atoms with Crippen LogP contribution >= 0.6 is 0 Å². The summed E-state index contributed by atoms with van der Waals surface area (Å²) < 4.78 is 62.4. The summed E-state index contributed by atoms with van der Waals surface area (Å²) in [6.45, 7) is 12.1. The van der Waals surface area contributed by atoms with Crippen molar-refractivity contribution in [2.45, 2.75) is 90.7 Å². The molecule has 0 spiro atoms. The van der Waals surface area contributed by atoms with Gasteiger partial charge in [0, 0.05) is 11.3 Å². The second-order valence-electron chi connectivity index (χ2n) is 15.1. The summed E-state index contributed by atoms with van der Waals surface area (Å²) in [5, 5.41) is 17.7. The van der Waals surface area contributed by atoms with Gasteiger partial charge < -0.3 is 19.7 Å². The lowest BCUT2D eigenvalue weighted by atomic mass is 9.80. The number of esters is 2. The number of hydrogen-bond donors (Lipinski definition) is 2. The van der Waals surface area contributed by atoms with Crippen LogP contribution in [0.25, 0.3) is 0 Å². The Bertz CT molecular complexity index is 1890. The van der Waals surface area contributed by atoms with Gasteiger partial charge in [0.1, 0.15) is 11.5 Å². The maximum Gasteiger partial charge on any atom is 0.321 e. The zero-order valence-corrected chi connectivity index (χ0v) is 31.2. The number of carboxylic acids is 2. The van der Waals surface area contributed by atoms with Crippen LogP contribution in [0.15, 0.2) is 71.1 Å². The maximum absolute atomic E-state index is 13.3. The molecular formula is C36H46O12S2. The highest BCUT2D eigenvalue weighted by Gasteiger charge is 2.39. The van der Waals surface area contributed by atoms with Gasteiger partial charge in [-0.25, -0.2) is 16.8 Å². The molecule has 2 N–H and O–H groups in total. The first kappa shape index (κ1) is 40.4. The number of carbonyl (C=O) groups is 4. The molecule has 1 aromatic rings. The molecule has 0 saturated heterocycles. The molecule has 1 atom stereocenters. The highest BCUT2D eigenvalue weighted by atomic mass is 32.2. The normalized spacial score (nSPS) is 17.6. The summed E-state index contributed by atoms with van der Waals surface area (Å²) >= 11 is 0. The Morgan fingerprint density at radius 3 is 1.62 bits per heavy atom. The highest BCUT2D eigenvalue weighted by Crippen LogP contribution is 2.34. The molecular weight excluding hydrogens is 689 g/mol. The van der Waals surface area contributed by atoms with Crippen LogP contribution in [0.3, 0.4) is 0 Å². The Kier molecular flexibility index (Phi) is 11.5. The number of allylic oxidation sites excluding steroid dienone is 6. The van der Waals surface area contributed by atoms with E-state index in [1.807, 2.05) is 0 Å². The van der Waals surface area contributed by atoms with E-state index in [0.29, 0.717) is 11.1 Å². The summed E-state index contributed by atoms with van der Waals surface area (Å²) in [6, 6.07) is 6.79. The molecule has 0 amide bonds. The molecule has 1 aromatic carbocycles. The standard InChI is InChI=1S/C36H46O12S2/c1-33(2,29(37)38)21-49(43,44)27-17-13-25(14-18-27)47-31(41)35(5,6)23-9-11-24(12-10-23)36(7,8)32(42)48-26-15-19-28(20-16-26)50(45,46)22-34(3,4)30(39)40/h9-15,17,19,27H,16,18,20-22H2,1-8H3,(H,37,38)(H,39,40). The van der Waals surface area contributed by atoms with Gasteiger partial charge in [0.2, 0.25) is 0 Å². The van der Waals surface area contributed by atoms with E-state index >= 15 is 0 Å². The van der Waals surface area contributed by atoms with Gasteiger partial charge in [-0.3, -0.25) is 19.2 Å². The zero-order valence-electron chi connectivity index (χ0n) is 29.6. The minimum Gasteiger partial charge on any atom is -0.481 e. The van der Waals surface area contributed by atoms with Crippen molar-refractivity contribution in [3.8, 4) is 0 Å². The quantitative estimate of drug-likeness (QED) is 0.239. The molecule has 0 fully saturated rings. The van der Waals surface area contributed by atoms with Gasteiger partial charge in [0.25, 0.3) is 0 Å². The Labute approximate surface area is 293 Å².